The zero-order chi connectivity index (χ0) is 18.5. The van der Waals surface area contributed by atoms with Crippen molar-refractivity contribution in [1.82, 2.24) is 14.9 Å². The summed E-state index contributed by atoms with van der Waals surface area (Å²) in [7, 11) is 0. The van der Waals surface area contributed by atoms with E-state index in [1.54, 1.807) is 19.1 Å². The summed E-state index contributed by atoms with van der Waals surface area (Å²) in [6.07, 6.45) is 1.54. The van der Waals surface area contributed by atoms with Gasteiger partial charge in [-0.05, 0) is 54.4 Å². The van der Waals surface area contributed by atoms with Gasteiger partial charge in [-0.3, -0.25) is 0 Å². The SMILES string of the molecule is CCOc1cc(C=Nn2c(-c3cccs3)n[nH]c2=S)ccc1OC(F)F. The van der Waals surface area contributed by atoms with Crippen molar-refractivity contribution in [3.63, 3.8) is 0 Å². The van der Waals surface area contributed by atoms with E-state index in [1.807, 2.05) is 17.5 Å². The summed E-state index contributed by atoms with van der Waals surface area (Å²) in [5.41, 5.74) is 0.635. The average Bonchev–Trinajstić information content (AvgIpc) is 3.24. The van der Waals surface area contributed by atoms with Gasteiger partial charge in [-0.1, -0.05) is 6.07 Å². The maximum absolute atomic E-state index is 12.5. The van der Waals surface area contributed by atoms with E-state index in [-0.39, 0.29) is 11.5 Å². The molecule has 0 atom stereocenters. The van der Waals surface area contributed by atoms with Crippen molar-refractivity contribution in [3.8, 4) is 22.2 Å². The molecule has 10 heteroatoms. The number of thiophene rings is 1. The van der Waals surface area contributed by atoms with Gasteiger partial charge in [0, 0.05) is 0 Å². The van der Waals surface area contributed by atoms with Gasteiger partial charge in [-0.15, -0.1) is 11.3 Å². The lowest BCUT2D eigenvalue weighted by Crippen LogP contribution is -2.05. The first-order valence-corrected chi connectivity index (χ1v) is 8.84. The van der Waals surface area contributed by atoms with Crippen molar-refractivity contribution in [2.75, 3.05) is 6.61 Å². The third-order valence-electron chi connectivity index (χ3n) is 3.20. The molecule has 0 fully saturated rings. The molecule has 26 heavy (non-hydrogen) atoms. The lowest BCUT2D eigenvalue weighted by molar-refractivity contribution is -0.0514. The standard InChI is InChI=1S/C16H14F2N4O2S2/c1-2-23-12-8-10(5-6-11(12)24-15(17)18)9-19-22-14(20-21-16(22)25)13-4-3-7-26-13/h3-9,15H,2H2,1H3,(H,21,25). The quantitative estimate of drug-likeness (QED) is 0.470. The summed E-state index contributed by atoms with van der Waals surface area (Å²) in [5.74, 6) is 0.771. The van der Waals surface area contributed by atoms with Gasteiger partial charge < -0.3 is 9.47 Å². The predicted molar refractivity (Wildman–Crippen MR) is 98.0 cm³/mol. The van der Waals surface area contributed by atoms with E-state index in [0.29, 0.717) is 22.8 Å². The normalized spacial score (nSPS) is 11.4. The molecule has 2 aromatic heterocycles. The van der Waals surface area contributed by atoms with E-state index in [4.69, 9.17) is 17.0 Å². The highest BCUT2D eigenvalue weighted by Crippen LogP contribution is 2.29. The molecule has 3 rings (SSSR count). The van der Waals surface area contributed by atoms with Crippen molar-refractivity contribution in [2.24, 2.45) is 5.10 Å². The minimum atomic E-state index is -2.92. The summed E-state index contributed by atoms with van der Waals surface area (Å²) in [4.78, 5) is 0.908. The molecule has 1 N–H and O–H groups in total. The Kier molecular flexibility index (Phi) is 5.74. The summed E-state index contributed by atoms with van der Waals surface area (Å²) in [6.45, 7) is -0.855. The molecule has 0 saturated carbocycles. The smallest absolute Gasteiger partial charge is 0.387 e. The molecule has 3 aromatic rings. The minimum Gasteiger partial charge on any atom is -0.490 e. The maximum atomic E-state index is 12.5. The van der Waals surface area contributed by atoms with E-state index in [1.165, 1.54) is 28.3 Å². The summed E-state index contributed by atoms with van der Waals surface area (Å²) >= 11 is 6.72. The van der Waals surface area contributed by atoms with Gasteiger partial charge in [-0.25, -0.2) is 5.10 Å². The van der Waals surface area contributed by atoms with Gasteiger partial charge in [0.25, 0.3) is 0 Å². The minimum absolute atomic E-state index is 0.0294. The van der Waals surface area contributed by atoms with Crippen molar-refractivity contribution >= 4 is 29.8 Å². The molecule has 0 spiro atoms. The van der Waals surface area contributed by atoms with E-state index in [0.717, 1.165) is 4.88 Å². The Morgan fingerprint density at radius 2 is 2.23 bits per heavy atom. The molecule has 136 valence electrons. The molecule has 0 radical (unpaired) electrons. The first kappa shape index (κ1) is 18.2. The molecule has 0 aliphatic carbocycles. The fraction of sp³-hybridized carbons (Fsp3) is 0.188. The van der Waals surface area contributed by atoms with E-state index in [2.05, 4.69) is 20.0 Å². The van der Waals surface area contributed by atoms with Gasteiger partial charge >= 0.3 is 6.61 Å². The molecule has 0 bridgehead atoms. The van der Waals surface area contributed by atoms with Gasteiger partial charge in [0.05, 0.1) is 17.7 Å². The van der Waals surface area contributed by atoms with Crippen molar-refractivity contribution < 1.29 is 18.3 Å². The monoisotopic (exact) mass is 396 g/mol. The van der Waals surface area contributed by atoms with Crippen LogP contribution in [-0.2, 0) is 0 Å². The van der Waals surface area contributed by atoms with Crippen molar-refractivity contribution in [3.05, 3.63) is 46.0 Å². The zero-order valence-corrected chi connectivity index (χ0v) is 15.2. The number of nitrogens with one attached hydrogen (secondary N) is 1. The number of halogens is 2. The Hall–Kier alpha value is -2.59. The Morgan fingerprint density at radius 1 is 1.38 bits per heavy atom. The van der Waals surface area contributed by atoms with Crippen LogP contribution in [0.5, 0.6) is 11.5 Å². The molecule has 0 amide bonds. The number of hydrogen-bond donors (Lipinski definition) is 1. The van der Waals surface area contributed by atoms with Crippen LogP contribution >= 0.6 is 23.6 Å². The van der Waals surface area contributed by atoms with E-state index >= 15 is 0 Å². The number of benzene rings is 1. The number of rotatable bonds is 7. The fourth-order valence-corrected chi connectivity index (χ4v) is 3.03. The predicted octanol–water partition coefficient (Wildman–Crippen LogP) is 4.55. The van der Waals surface area contributed by atoms with Crippen LogP contribution < -0.4 is 9.47 Å². The lowest BCUT2D eigenvalue weighted by atomic mass is 10.2. The number of hydrogen-bond acceptors (Lipinski definition) is 6. The molecule has 0 aliphatic heterocycles. The molecular weight excluding hydrogens is 382 g/mol. The van der Waals surface area contributed by atoms with E-state index in [9.17, 15) is 8.78 Å². The Morgan fingerprint density at radius 3 is 2.92 bits per heavy atom. The Balaban J connectivity index is 1.91. The zero-order valence-electron chi connectivity index (χ0n) is 13.6. The number of nitrogens with zero attached hydrogens (tertiary/aromatic N) is 3. The fourth-order valence-electron chi connectivity index (χ4n) is 2.16. The van der Waals surface area contributed by atoms with Gasteiger partial charge in [-0.2, -0.15) is 23.7 Å². The largest absolute Gasteiger partial charge is 0.490 e. The highest BCUT2D eigenvalue weighted by atomic mass is 32.1. The second-order valence-corrected chi connectivity index (χ2v) is 6.24. The van der Waals surface area contributed by atoms with E-state index < -0.39 is 6.61 Å². The Labute approximate surface area is 156 Å². The third-order valence-corrected chi connectivity index (χ3v) is 4.33. The van der Waals surface area contributed by atoms with Crippen LogP contribution in [0.15, 0.2) is 40.8 Å². The molecule has 0 saturated heterocycles. The molecular formula is C16H14F2N4O2S2. The van der Waals surface area contributed by atoms with Crippen LogP contribution in [0.2, 0.25) is 0 Å². The van der Waals surface area contributed by atoms with Crippen molar-refractivity contribution in [2.45, 2.75) is 13.5 Å². The summed E-state index contributed by atoms with van der Waals surface area (Å²) < 4.78 is 36.6. The lowest BCUT2D eigenvalue weighted by Gasteiger charge is -2.11. The van der Waals surface area contributed by atoms with Gasteiger partial charge in [0.15, 0.2) is 17.3 Å². The van der Waals surface area contributed by atoms with Crippen LogP contribution in [0.3, 0.4) is 0 Å². The van der Waals surface area contributed by atoms with Gasteiger partial charge in [0.2, 0.25) is 4.77 Å². The van der Waals surface area contributed by atoms with Crippen LogP contribution in [-0.4, -0.2) is 34.3 Å². The Bertz CT molecular complexity index is 952. The number of ether oxygens (including phenoxy) is 2. The van der Waals surface area contributed by atoms with Crippen LogP contribution in [0.25, 0.3) is 10.7 Å². The highest BCUT2D eigenvalue weighted by Gasteiger charge is 2.12. The topological polar surface area (TPSA) is 64.4 Å². The first-order chi connectivity index (χ1) is 12.6. The number of H-pyrrole nitrogens is 1. The average molecular weight is 396 g/mol. The molecule has 6 nitrogen and oxygen atoms in total. The molecule has 1 aromatic carbocycles. The van der Waals surface area contributed by atoms with Crippen LogP contribution in [0.1, 0.15) is 12.5 Å². The number of aromatic nitrogens is 3. The first-order valence-electron chi connectivity index (χ1n) is 7.55. The van der Waals surface area contributed by atoms with Gasteiger partial charge in [0.1, 0.15) is 0 Å². The van der Waals surface area contributed by atoms with Crippen LogP contribution in [0.4, 0.5) is 8.78 Å². The molecule has 0 unspecified atom stereocenters. The number of aromatic amines is 1. The van der Waals surface area contributed by atoms with Crippen molar-refractivity contribution in [1.29, 1.82) is 0 Å². The van der Waals surface area contributed by atoms with Crippen LogP contribution in [0, 0.1) is 4.77 Å². The maximum Gasteiger partial charge on any atom is 0.387 e. The molecule has 2 heterocycles. The summed E-state index contributed by atoms with van der Waals surface area (Å²) in [6, 6.07) is 8.39. The third kappa shape index (κ3) is 4.14. The number of alkyl halides is 2. The summed E-state index contributed by atoms with van der Waals surface area (Å²) in [5, 5.41) is 13.2. The highest BCUT2D eigenvalue weighted by molar-refractivity contribution is 7.71. The second-order valence-electron chi connectivity index (χ2n) is 4.90. The second kappa shape index (κ2) is 8.19. The molecule has 0 aliphatic rings.